The zero-order chi connectivity index (χ0) is 32.8. The Bertz CT molecular complexity index is 1090. The predicted octanol–water partition coefficient (Wildman–Crippen LogP) is 7.83. The van der Waals surface area contributed by atoms with Crippen LogP contribution in [0.15, 0.2) is 11.6 Å². The van der Waals surface area contributed by atoms with Crippen LogP contribution in [0.3, 0.4) is 0 Å². The SMILES string of the molecule is CCCCCCCCOCOC(=O)[C@]12CC[C@@H](C)[C@H](C)C1C1=CCC3[C@@]4(C)CC(O)[C@H](O)[C@@](C)(CO)C4CC[C@@]3(C)[C@]1(C)CC2. The zero-order valence-corrected chi connectivity index (χ0v) is 29.7. The molecule has 6 heteroatoms. The smallest absolute Gasteiger partial charge is 0.314 e. The van der Waals surface area contributed by atoms with Crippen molar-refractivity contribution in [3.8, 4) is 0 Å². The van der Waals surface area contributed by atoms with Gasteiger partial charge in [-0.3, -0.25) is 4.79 Å². The van der Waals surface area contributed by atoms with E-state index in [9.17, 15) is 20.1 Å². The van der Waals surface area contributed by atoms with E-state index in [-0.39, 0.29) is 47.4 Å². The molecule has 258 valence electrons. The lowest BCUT2D eigenvalue weighted by Gasteiger charge is -2.71. The summed E-state index contributed by atoms with van der Waals surface area (Å²) in [7, 11) is 0. The molecule has 0 aromatic carbocycles. The molecular weight excluding hydrogens is 564 g/mol. The highest BCUT2D eigenvalue weighted by molar-refractivity contribution is 5.78. The van der Waals surface area contributed by atoms with Crippen LogP contribution in [0.25, 0.3) is 0 Å². The Morgan fingerprint density at radius 1 is 0.933 bits per heavy atom. The van der Waals surface area contributed by atoms with Gasteiger partial charge in [0, 0.05) is 5.41 Å². The summed E-state index contributed by atoms with van der Waals surface area (Å²) < 4.78 is 11.8. The number of allylic oxidation sites excluding steroid dienone is 2. The second kappa shape index (κ2) is 13.2. The van der Waals surface area contributed by atoms with Crippen molar-refractivity contribution in [2.45, 2.75) is 151 Å². The van der Waals surface area contributed by atoms with E-state index in [0.717, 1.165) is 51.4 Å². The Balaban J connectivity index is 1.38. The first-order valence-electron chi connectivity index (χ1n) is 18.7. The first-order valence-corrected chi connectivity index (χ1v) is 18.7. The van der Waals surface area contributed by atoms with Crippen molar-refractivity contribution in [2.75, 3.05) is 20.0 Å². The first kappa shape index (κ1) is 35.4. The molecule has 3 N–H and O–H groups in total. The van der Waals surface area contributed by atoms with Crippen molar-refractivity contribution >= 4 is 5.97 Å². The molecule has 0 aromatic heterocycles. The third-order valence-electron chi connectivity index (χ3n) is 15.4. The summed E-state index contributed by atoms with van der Waals surface area (Å²) in [4.78, 5) is 14.2. The van der Waals surface area contributed by atoms with Crippen LogP contribution < -0.4 is 0 Å². The van der Waals surface area contributed by atoms with E-state index in [1.807, 2.05) is 6.92 Å². The van der Waals surface area contributed by atoms with Crippen LogP contribution in [-0.2, 0) is 14.3 Å². The van der Waals surface area contributed by atoms with Gasteiger partial charge in [0.2, 0.25) is 0 Å². The standard InChI is InChI=1S/C39H66O6/c1-8-9-10-11-12-13-22-44-25-45-34(43)39-19-16-26(2)27(3)32(39)28-14-15-31-35(4)23-29(41)33(42)36(5,24-40)30(35)17-18-38(31,7)37(28,6)20-21-39/h14,26-27,29-33,40-42H,8-13,15-25H2,1-7H3/t26-,27+,29?,30?,31?,32?,33+,35+,36+,37-,38-,39+/m1/s1. The molecule has 12 atom stereocenters. The van der Waals surface area contributed by atoms with E-state index in [0.29, 0.717) is 30.8 Å². The van der Waals surface area contributed by atoms with Crippen LogP contribution in [0.4, 0.5) is 0 Å². The number of fused-ring (bicyclic) bond motifs is 7. The lowest BCUT2D eigenvalue weighted by Crippen LogP contribution is -2.68. The maximum atomic E-state index is 14.2. The summed E-state index contributed by atoms with van der Waals surface area (Å²) in [6.07, 6.45) is 15.2. The summed E-state index contributed by atoms with van der Waals surface area (Å²) in [5.41, 5.74) is 0.0204. The molecule has 0 radical (unpaired) electrons. The lowest BCUT2D eigenvalue weighted by molar-refractivity contribution is -0.244. The molecule has 0 aliphatic heterocycles. The van der Waals surface area contributed by atoms with Crippen molar-refractivity contribution in [1.82, 2.24) is 0 Å². The zero-order valence-electron chi connectivity index (χ0n) is 29.7. The highest BCUT2D eigenvalue weighted by atomic mass is 16.7. The van der Waals surface area contributed by atoms with Crippen LogP contribution in [0.5, 0.6) is 0 Å². The van der Waals surface area contributed by atoms with Gasteiger partial charge in [-0.1, -0.05) is 92.2 Å². The van der Waals surface area contributed by atoms with Crippen molar-refractivity contribution in [1.29, 1.82) is 0 Å². The molecule has 0 amide bonds. The number of hydrogen-bond donors (Lipinski definition) is 3. The molecule has 5 aliphatic rings. The molecule has 4 unspecified atom stereocenters. The molecule has 0 saturated heterocycles. The monoisotopic (exact) mass is 630 g/mol. The third kappa shape index (κ3) is 5.48. The molecule has 5 aliphatic carbocycles. The van der Waals surface area contributed by atoms with Gasteiger partial charge < -0.3 is 24.8 Å². The van der Waals surface area contributed by atoms with E-state index in [1.165, 1.54) is 37.7 Å². The normalized spacial score (nSPS) is 47.5. The number of aliphatic hydroxyl groups is 3. The lowest BCUT2D eigenvalue weighted by atomic mass is 9.33. The van der Waals surface area contributed by atoms with Crippen LogP contribution in [0.1, 0.15) is 138 Å². The molecule has 5 rings (SSSR count). The Kier molecular flexibility index (Phi) is 10.3. The van der Waals surface area contributed by atoms with E-state index in [2.05, 4.69) is 47.6 Å². The fraction of sp³-hybridized carbons (Fsp3) is 0.923. The fourth-order valence-corrected chi connectivity index (χ4v) is 12.3. The van der Waals surface area contributed by atoms with E-state index >= 15 is 0 Å². The molecular formula is C39H66O6. The van der Waals surface area contributed by atoms with Crippen LogP contribution in [0.2, 0.25) is 0 Å². The summed E-state index contributed by atoms with van der Waals surface area (Å²) in [6.45, 7) is 16.9. The summed E-state index contributed by atoms with van der Waals surface area (Å²) in [6, 6.07) is 0. The molecule has 0 bridgehead atoms. The van der Waals surface area contributed by atoms with Gasteiger partial charge >= 0.3 is 5.97 Å². The fourth-order valence-electron chi connectivity index (χ4n) is 12.3. The number of unbranched alkanes of at least 4 members (excludes halogenated alkanes) is 5. The average molecular weight is 631 g/mol. The van der Waals surface area contributed by atoms with E-state index in [1.54, 1.807) is 0 Å². The molecule has 0 spiro atoms. The molecule has 6 nitrogen and oxygen atoms in total. The third-order valence-corrected chi connectivity index (χ3v) is 15.4. The Morgan fingerprint density at radius 2 is 1.64 bits per heavy atom. The predicted molar refractivity (Wildman–Crippen MR) is 178 cm³/mol. The van der Waals surface area contributed by atoms with Gasteiger partial charge in [0.25, 0.3) is 0 Å². The molecule has 4 saturated carbocycles. The molecule has 0 aromatic rings. The van der Waals surface area contributed by atoms with E-state index < -0.39 is 23.0 Å². The molecule has 0 heterocycles. The maximum absolute atomic E-state index is 14.2. The minimum absolute atomic E-state index is 0.00256. The number of carbonyl (C=O) groups excluding carboxylic acids is 1. The number of carbonyl (C=O) groups is 1. The Labute approximate surface area is 274 Å². The average Bonchev–Trinajstić information content (AvgIpc) is 3.01. The summed E-state index contributed by atoms with van der Waals surface area (Å²) in [5, 5.41) is 32.8. The quantitative estimate of drug-likeness (QED) is 0.0932. The number of aliphatic hydroxyl groups excluding tert-OH is 3. The second-order valence-electron chi connectivity index (χ2n) is 17.4. The minimum atomic E-state index is -0.907. The largest absolute Gasteiger partial charge is 0.438 e. The van der Waals surface area contributed by atoms with Crippen molar-refractivity contribution < 1.29 is 29.6 Å². The Hall–Kier alpha value is -0.950. The topological polar surface area (TPSA) is 96.2 Å². The number of rotatable bonds is 11. The van der Waals surface area contributed by atoms with Crippen LogP contribution in [-0.4, -0.2) is 53.5 Å². The molecule has 45 heavy (non-hydrogen) atoms. The summed E-state index contributed by atoms with van der Waals surface area (Å²) in [5.74, 6) is 1.52. The number of hydrogen-bond acceptors (Lipinski definition) is 6. The van der Waals surface area contributed by atoms with Gasteiger partial charge in [0.05, 0.1) is 30.8 Å². The van der Waals surface area contributed by atoms with Gasteiger partial charge in [0.1, 0.15) is 0 Å². The van der Waals surface area contributed by atoms with Crippen LogP contribution >= 0.6 is 0 Å². The molecule has 4 fully saturated rings. The maximum Gasteiger partial charge on any atom is 0.314 e. The van der Waals surface area contributed by atoms with Crippen LogP contribution in [0, 0.1) is 56.7 Å². The number of ether oxygens (including phenoxy) is 2. The van der Waals surface area contributed by atoms with Gasteiger partial charge in [-0.15, -0.1) is 0 Å². The minimum Gasteiger partial charge on any atom is -0.438 e. The van der Waals surface area contributed by atoms with Crippen molar-refractivity contribution in [3.05, 3.63) is 11.6 Å². The van der Waals surface area contributed by atoms with Gasteiger partial charge in [-0.05, 0) is 104 Å². The van der Waals surface area contributed by atoms with Gasteiger partial charge in [0.15, 0.2) is 6.79 Å². The Morgan fingerprint density at radius 3 is 2.36 bits per heavy atom. The van der Waals surface area contributed by atoms with Gasteiger partial charge in [-0.2, -0.15) is 0 Å². The highest BCUT2D eigenvalue weighted by Gasteiger charge is 2.70. The summed E-state index contributed by atoms with van der Waals surface area (Å²) >= 11 is 0. The van der Waals surface area contributed by atoms with E-state index in [4.69, 9.17) is 9.47 Å². The van der Waals surface area contributed by atoms with Crippen molar-refractivity contribution in [2.24, 2.45) is 56.7 Å². The van der Waals surface area contributed by atoms with Gasteiger partial charge in [-0.25, -0.2) is 0 Å². The highest BCUT2D eigenvalue weighted by Crippen LogP contribution is 2.75. The second-order valence-corrected chi connectivity index (χ2v) is 17.4. The number of esters is 1. The first-order chi connectivity index (χ1) is 21.3. The van der Waals surface area contributed by atoms with Crippen molar-refractivity contribution in [3.63, 3.8) is 0 Å².